The van der Waals surface area contributed by atoms with Crippen molar-refractivity contribution in [3.63, 3.8) is 0 Å². The van der Waals surface area contributed by atoms with Crippen molar-refractivity contribution in [1.82, 2.24) is 0 Å². The number of ether oxygens (including phenoxy) is 1. The first-order valence-electron chi connectivity index (χ1n) is 13.1. The number of benzene rings is 6. The van der Waals surface area contributed by atoms with Gasteiger partial charge in [-0.3, -0.25) is 0 Å². The molecule has 43 heavy (non-hydrogen) atoms. The molecule has 0 N–H and O–H groups in total. The van der Waals surface area contributed by atoms with Crippen LogP contribution in [0.15, 0.2) is 154 Å². The molecule has 0 saturated carbocycles. The molecule has 0 saturated heterocycles. The van der Waals surface area contributed by atoms with E-state index in [9.17, 15) is 13.2 Å². The fraction of sp³-hybridized carbons (Fsp3) is 0.0588. The Balaban J connectivity index is 0.000000407. The average molecular weight is 619 g/mol. The Bertz CT molecular complexity index is 1890. The maximum Gasteiger partial charge on any atom is 0.485 e. The molecule has 0 radical (unpaired) electrons. The molecule has 0 fully saturated rings. The third-order valence-corrected chi connectivity index (χ3v) is 9.35. The van der Waals surface area contributed by atoms with Crippen LogP contribution in [-0.2, 0) is 27.6 Å². The fourth-order valence-corrected chi connectivity index (χ4v) is 6.69. The van der Waals surface area contributed by atoms with E-state index in [2.05, 4.69) is 140 Å². The number of halogens is 3. The molecule has 0 aliphatic carbocycles. The van der Waals surface area contributed by atoms with Gasteiger partial charge in [0, 0.05) is 0 Å². The van der Waals surface area contributed by atoms with Crippen molar-refractivity contribution in [3.8, 4) is 5.75 Å². The summed E-state index contributed by atoms with van der Waals surface area (Å²) in [6, 6.07) is 49.5. The van der Waals surface area contributed by atoms with Gasteiger partial charge in [-0.1, -0.05) is 84.9 Å². The molecule has 0 unspecified atom stereocenters. The Kier molecular flexibility index (Phi) is 9.05. The molecule has 9 heteroatoms. The first kappa shape index (κ1) is 30.2. The van der Waals surface area contributed by atoms with Crippen molar-refractivity contribution >= 4 is 42.6 Å². The number of fused-ring (bicyclic) bond motifs is 3. The molecule has 0 aliphatic rings. The summed E-state index contributed by atoms with van der Waals surface area (Å²) in [5.74, 6) is 0.885. The molecule has 6 aromatic rings. The predicted molar refractivity (Wildman–Crippen MR) is 163 cm³/mol. The monoisotopic (exact) mass is 618 g/mol. The van der Waals surface area contributed by atoms with Crippen molar-refractivity contribution in [3.05, 3.63) is 145 Å². The van der Waals surface area contributed by atoms with Crippen LogP contribution in [0.5, 0.6) is 5.75 Å². The van der Waals surface area contributed by atoms with E-state index >= 15 is 0 Å². The highest BCUT2D eigenvalue weighted by Gasteiger charge is 2.37. The molecular weight excluding hydrogens is 593 g/mol. The van der Waals surface area contributed by atoms with E-state index in [0.717, 1.165) is 5.75 Å². The SMILES string of the molecule is O=S(=O)([O-])C(F)(F)F.c1ccc([S+](c2ccccc2)c2ccc(OCc3cc4ccccc4c4ccccc34)cc2)cc1. The lowest BCUT2D eigenvalue weighted by atomic mass is 9.98. The van der Waals surface area contributed by atoms with Crippen molar-refractivity contribution in [2.45, 2.75) is 26.8 Å². The first-order valence-corrected chi connectivity index (χ1v) is 15.7. The third-order valence-electron chi connectivity index (χ3n) is 6.55. The predicted octanol–water partition coefficient (Wildman–Crippen LogP) is 8.72. The summed E-state index contributed by atoms with van der Waals surface area (Å²) >= 11 is 0. The summed E-state index contributed by atoms with van der Waals surface area (Å²) in [5.41, 5.74) is -4.44. The summed E-state index contributed by atoms with van der Waals surface area (Å²) in [5, 5.41) is 5.05. The van der Waals surface area contributed by atoms with Gasteiger partial charge in [-0.05, 0) is 81.7 Å². The van der Waals surface area contributed by atoms with Crippen LogP contribution in [0, 0.1) is 0 Å². The maximum atomic E-state index is 10.7. The van der Waals surface area contributed by atoms with Gasteiger partial charge in [0.2, 0.25) is 0 Å². The topological polar surface area (TPSA) is 66.4 Å². The fourth-order valence-electron chi connectivity index (χ4n) is 4.61. The molecule has 6 rings (SSSR count). The third kappa shape index (κ3) is 7.19. The Labute approximate surface area is 250 Å². The van der Waals surface area contributed by atoms with Gasteiger partial charge in [-0.15, -0.1) is 0 Å². The van der Waals surface area contributed by atoms with Crippen LogP contribution in [0.25, 0.3) is 21.5 Å². The van der Waals surface area contributed by atoms with Gasteiger partial charge in [-0.2, -0.15) is 13.2 Å². The molecule has 0 heterocycles. The molecule has 218 valence electrons. The molecule has 0 aromatic heterocycles. The van der Waals surface area contributed by atoms with Gasteiger partial charge in [-0.25, -0.2) is 8.42 Å². The highest BCUT2D eigenvalue weighted by Crippen LogP contribution is 2.33. The molecule has 0 spiro atoms. The van der Waals surface area contributed by atoms with Crippen molar-refractivity contribution in [1.29, 1.82) is 0 Å². The summed E-state index contributed by atoms with van der Waals surface area (Å²) in [4.78, 5) is 3.91. The Morgan fingerprint density at radius 2 is 1.05 bits per heavy atom. The van der Waals surface area contributed by atoms with Crippen LogP contribution in [0.1, 0.15) is 5.56 Å². The van der Waals surface area contributed by atoms with E-state index < -0.39 is 15.6 Å². The second-order valence-corrected chi connectivity index (χ2v) is 12.8. The minimum Gasteiger partial charge on any atom is -0.741 e. The normalized spacial score (nSPS) is 11.7. The zero-order chi connectivity index (χ0) is 30.5. The summed E-state index contributed by atoms with van der Waals surface area (Å²) in [6.07, 6.45) is 0. The highest BCUT2D eigenvalue weighted by molar-refractivity contribution is 7.97. The molecule has 0 bridgehead atoms. The Morgan fingerprint density at radius 1 is 0.605 bits per heavy atom. The van der Waals surface area contributed by atoms with E-state index in [1.807, 2.05) is 0 Å². The smallest absolute Gasteiger partial charge is 0.485 e. The van der Waals surface area contributed by atoms with E-state index in [-0.39, 0.29) is 10.9 Å². The molecule has 0 amide bonds. The van der Waals surface area contributed by atoms with E-state index in [0.29, 0.717) is 6.61 Å². The standard InChI is InChI=1S/C33H25OS.CHF3O3S/c1-3-12-28(13-4-1)35(29-14-5-2-6-15-29)30-21-19-27(20-22-30)34-24-26-23-25-11-7-8-16-31(25)33-18-10-9-17-32(26)33;2-1(3,4)8(5,6)7/h1-23H,24H2;(H,5,6,7)/q+1;/p-1. The average Bonchev–Trinajstić information content (AvgIpc) is 3.01. The highest BCUT2D eigenvalue weighted by atomic mass is 32.2. The zero-order valence-corrected chi connectivity index (χ0v) is 24.2. The minimum atomic E-state index is -6.09. The van der Waals surface area contributed by atoms with Crippen LogP contribution >= 0.6 is 0 Å². The van der Waals surface area contributed by atoms with Crippen LogP contribution in [0.2, 0.25) is 0 Å². The zero-order valence-electron chi connectivity index (χ0n) is 22.6. The van der Waals surface area contributed by atoms with Crippen molar-refractivity contribution in [2.75, 3.05) is 0 Å². The Hall–Kier alpha value is -4.31. The molecule has 4 nitrogen and oxygen atoms in total. The summed E-state index contributed by atoms with van der Waals surface area (Å²) < 4.78 is 65.2. The second kappa shape index (κ2) is 12.9. The lowest BCUT2D eigenvalue weighted by molar-refractivity contribution is -0.0517. The largest absolute Gasteiger partial charge is 0.741 e. The number of hydrogen-bond donors (Lipinski definition) is 0. The van der Waals surface area contributed by atoms with Gasteiger partial charge < -0.3 is 9.29 Å². The van der Waals surface area contributed by atoms with Gasteiger partial charge in [0.25, 0.3) is 0 Å². The second-order valence-electron chi connectivity index (χ2n) is 9.39. The number of hydrogen-bond acceptors (Lipinski definition) is 4. The quantitative estimate of drug-likeness (QED) is 0.0811. The lowest BCUT2D eigenvalue weighted by Crippen LogP contribution is -2.21. The van der Waals surface area contributed by atoms with Crippen LogP contribution in [0.3, 0.4) is 0 Å². The minimum absolute atomic E-state index is 0.153. The molecule has 0 aliphatic heterocycles. The van der Waals surface area contributed by atoms with Gasteiger partial charge in [0.1, 0.15) is 12.4 Å². The van der Waals surface area contributed by atoms with E-state index in [1.165, 1.54) is 41.8 Å². The summed E-state index contributed by atoms with van der Waals surface area (Å²) in [6.45, 7) is 0.535. The van der Waals surface area contributed by atoms with Crippen LogP contribution < -0.4 is 4.74 Å². The molecular formula is C34H25F3O4S2. The number of rotatable bonds is 6. The lowest BCUT2D eigenvalue weighted by Gasteiger charge is -2.12. The maximum absolute atomic E-state index is 10.7. The first-order chi connectivity index (χ1) is 20.6. The van der Waals surface area contributed by atoms with E-state index in [1.54, 1.807) is 0 Å². The summed E-state index contributed by atoms with van der Waals surface area (Å²) in [7, 11) is -6.24. The molecule has 0 atom stereocenters. The van der Waals surface area contributed by atoms with Gasteiger partial charge >= 0.3 is 5.51 Å². The number of alkyl halides is 3. The molecule has 6 aromatic carbocycles. The van der Waals surface area contributed by atoms with Crippen molar-refractivity contribution < 1.29 is 30.9 Å². The van der Waals surface area contributed by atoms with Gasteiger partial charge in [0.05, 0.1) is 10.9 Å². The van der Waals surface area contributed by atoms with E-state index in [4.69, 9.17) is 17.7 Å². The van der Waals surface area contributed by atoms with Crippen molar-refractivity contribution in [2.24, 2.45) is 0 Å². The Morgan fingerprint density at radius 3 is 1.58 bits per heavy atom. The van der Waals surface area contributed by atoms with Crippen LogP contribution in [0.4, 0.5) is 13.2 Å². The van der Waals surface area contributed by atoms with Crippen LogP contribution in [-0.4, -0.2) is 18.5 Å². The van der Waals surface area contributed by atoms with Gasteiger partial charge in [0.15, 0.2) is 24.8 Å².